The second-order valence-electron chi connectivity index (χ2n) is 6.04. The maximum Gasteiger partial charge on any atom is 0.228 e. The second-order valence-corrected chi connectivity index (χ2v) is 6.04. The van der Waals surface area contributed by atoms with Gasteiger partial charge in [0.15, 0.2) is 0 Å². The van der Waals surface area contributed by atoms with Crippen LogP contribution in [0.1, 0.15) is 18.7 Å². The zero-order chi connectivity index (χ0) is 15.8. The molecule has 6 nitrogen and oxygen atoms in total. The Kier molecular flexibility index (Phi) is 3.37. The fraction of sp³-hybridized carbons (Fsp3) is 0.353. The first-order valence-corrected chi connectivity index (χ1v) is 7.99. The molecule has 1 aliphatic rings. The Bertz CT molecular complexity index is 840. The number of aromatic nitrogens is 4. The molecule has 1 fully saturated rings. The maximum absolute atomic E-state index is 6.14. The lowest BCUT2D eigenvalue weighted by atomic mass is 10.2. The molecule has 1 saturated heterocycles. The van der Waals surface area contributed by atoms with Crippen molar-refractivity contribution in [2.24, 2.45) is 0 Å². The van der Waals surface area contributed by atoms with Crippen LogP contribution < -0.4 is 10.6 Å². The number of para-hydroxylation sites is 1. The summed E-state index contributed by atoms with van der Waals surface area (Å²) in [5.74, 6) is 2.33. The average molecular weight is 308 g/mol. The van der Waals surface area contributed by atoms with Crippen molar-refractivity contribution in [2.75, 3.05) is 17.2 Å². The minimum Gasteiger partial charge on any atom is -0.383 e. The summed E-state index contributed by atoms with van der Waals surface area (Å²) in [6.45, 7) is 3.90. The predicted octanol–water partition coefficient (Wildman–Crippen LogP) is 2.39. The molecule has 1 aliphatic heterocycles. The highest BCUT2D eigenvalue weighted by Crippen LogP contribution is 2.27. The van der Waals surface area contributed by atoms with E-state index >= 15 is 0 Å². The minimum atomic E-state index is 0.378. The Labute approximate surface area is 135 Å². The second kappa shape index (κ2) is 5.53. The zero-order valence-corrected chi connectivity index (χ0v) is 13.2. The highest BCUT2D eigenvalue weighted by atomic mass is 15.3. The van der Waals surface area contributed by atoms with Crippen molar-refractivity contribution in [1.82, 2.24) is 19.5 Å². The van der Waals surface area contributed by atoms with Gasteiger partial charge in [0, 0.05) is 36.9 Å². The highest BCUT2D eigenvalue weighted by molar-refractivity contribution is 5.88. The molecular formula is C17H20N6. The molecule has 23 heavy (non-hydrogen) atoms. The molecule has 1 atom stereocenters. The molecule has 2 N–H and O–H groups in total. The molecule has 0 radical (unpaired) electrons. The topological polar surface area (TPSA) is 72.9 Å². The van der Waals surface area contributed by atoms with E-state index in [2.05, 4.69) is 19.4 Å². The third-order valence-corrected chi connectivity index (χ3v) is 4.59. The first kappa shape index (κ1) is 14.0. The summed E-state index contributed by atoms with van der Waals surface area (Å²) in [5, 5.41) is 0.914. The number of nitrogens with zero attached hydrogens (tertiary/aromatic N) is 5. The fourth-order valence-electron chi connectivity index (χ4n) is 3.33. The number of benzene rings is 1. The number of nitrogens with two attached hydrogens (primary N) is 1. The summed E-state index contributed by atoms with van der Waals surface area (Å²) in [7, 11) is 0. The summed E-state index contributed by atoms with van der Waals surface area (Å²) < 4.78 is 2.19. The van der Waals surface area contributed by atoms with Crippen LogP contribution >= 0.6 is 0 Å². The number of imidazole rings is 1. The number of rotatable bonds is 3. The Morgan fingerprint density at radius 2 is 2.13 bits per heavy atom. The molecule has 1 aromatic carbocycles. The van der Waals surface area contributed by atoms with Gasteiger partial charge in [0.2, 0.25) is 5.95 Å². The van der Waals surface area contributed by atoms with Crippen LogP contribution in [0.4, 0.5) is 11.8 Å². The van der Waals surface area contributed by atoms with Gasteiger partial charge in [-0.3, -0.25) is 0 Å². The number of anilines is 2. The zero-order valence-electron chi connectivity index (χ0n) is 13.2. The first-order chi connectivity index (χ1) is 11.2. The summed E-state index contributed by atoms with van der Waals surface area (Å²) in [6.07, 6.45) is 6.16. The molecule has 0 bridgehead atoms. The summed E-state index contributed by atoms with van der Waals surface area (Å²) >= 11 is 0. The van der Waals surface area contributed by atoms with Crippen LogP contribution in [0.25, 0.3) is 10.9 Å². The molecular weight excluding hydrogens is 288 g/mol. The predicted molar refractivity (Wildman–Crippen MR) is 91.3 cm³/mol. The van der Waals surface area contributed by atoms with E-state index in [0.29, 0.717) is 11.9 Å². The van der Waals surface area contributed by atoms with E-state index in [9.17, 15) is 0 Å². The van der Waals surface area contributed by atoms with Crippen molar-refractivity contribution in [2.45, 2.75) is 32.4 Å². The van der Waals surface area contributed by atoms with Gasteiger partial charge in [-0.15, -0.1) is 0 Å². The van der Waals surface area contributed by atoms with Crippen molar-refractivity contribution in [1.29, 1.82) is 0 Å². The Morgan fingerprint density at radius 1 is 1.26 bits per heavy atom. The summed E-state index contributed by atoms with van der Waals surface area (Å²) in [6, 6.07) is 8.27. The molecule has 0 amide bonds. The van der Waals surface area contributed by atoms with E-state index in [0.717, 1.165) is 48.6 Å². The van der Waals surface area contributed by atoms with Crippen molar-refractivity contribution in [3.63, 3.8) is 0 Å². The van der Waals surface area contributed by atoms with E-state index in [1.54, 1.807) is 0 Å². The molecule has 118 valence electrons. The molecule has 4 rings (SSSR count). The minimum absolute atomic E-state index is 0.378. The van der Waals surface area contributed by atoms with Gasteiger partial charge in [-0.2, -0.15) is 4.98 Å². The number of nitrogen functional groups attached to an aromatic ring is 1. The highest BCUT2D eigenvalue weighted by Gasteiger charge is 2.27. The lowest BCUT2D eigenvalue weighted by Gasteiger charge is -2.25. The van der Waals surface area contributed by atoms with E-state index < -0.39 is 0 Å². The molecule has 0 aliphatic carbocycles. The van der Waals surface area contributed by atoms with Crippen LogP contribution in [-0.4, -0.2) is 32.1 Å². The van der Waals surface area contributed by atoms with Crippen LogP contribution in [0.2, 0.25) is 0 Å². The molecule has 2 aromatic heterocycles. The lowest BCUT2D eigenvalue weighted by molar-refractivity contribution is 0.535. The normalized spacial score (nSPS) is 18.0. The van der Waals surface area contributed by atoms with Crippen molar-refractivity contribution in [3.05, 3.63) is 42.5 Å². The lowest BCUT2D eigenvalue weighted by Crippen LogP contribution is -2.34. The van der Waals surface area contributed by atoms with Crippen molar-refractivity contribution < 1.29 is 0 Å². The van der Waals surface area contributed by atoms with Gasteiger partial charge in [0.25, 0.3) is 0 Å². The van der Waals surface area contributed by atoms with Crippen LogP contribution in [-0.2, 0) is 6.54 Å². The third-order valence-electron chi connectivity index (χ3n) is 4.59. The summed E-state index contributed by atoms with van der Waals surface area (Å²) in [4.78, 5) is 15.9. The largest absolute Gasteiger partial charge is 0.383 e. The van der Waals surface area contributed by atoms with Gasteiger partial charge in [0.05, 0.1) is 5.52 Å². The number of hydrogen-bond acceptors (Lipinski definition) is 5. The number of aryl methyl sites for hydroxylation is 1. The van der Waals surface area contributed by atoms with Gasteiger partial charge in [-0.1, -0.05) is 12.1 Å². The smallest absolute Gasteiger partial charge is 0.228 e. The van der Waals surface area contributed by atoms with Crippen LogP contribution in [0.3, 0.4) is 0 Å². The van der Waals surface area contributed by atoms with Crippen LogP contribution in [0.15, 0.2) is 36.7 Å². The quantitative estimate of drug-likeness (QED) is 0.804. The monoisotopic (exact) mass is 308 g/mol. The van der Waals surface area contributed by atoms with Crippen molar-refractivity contribution in [3.8, 4) is 0 Å². The van der Waals surface area contributed by atoms with Crippen molar-refractivity contribution >= 4 is 22.7 Å². The van der Waals surface area contributed by atoms with Gasteiger partial charge >= 0.3 is 0 Å². The fourth-order valence-corrected chi connectivity index (χ4v) is 3.33. The van der Waals surface area contributed by atoms with Gasteiger partial charge < -0.3 is 15.2 Å². The van der Waals surface area contributed by atoms with E-state index in [-0.39, 0.29) is 0 Å². The molecule has 3 aromatic rings. The molecule has 3 heterocycles. The number of fused-ring (bicyclic) bond motifs is 1. The Balaban J connectivity index is 1.67. The summed E-state index contributed by atoms with van der Waals surface area (Å²) in [5.41, 5.74) is 7.04. The van der Waals surface area contributed by atoms with Gasteiger partial charge in [-0.25, -0.2) is 9.97 Å². The van der Waals surface area contributed by atoms with Crippen LogP contribution in [0.5, 0.6) is 0 Å². The SMILES string of the molecule is Cc1nccn1CC1CCCN1c1nc(N)c2ccccc2n1. The first-order valence-electron chi connectivity index (χ1n) is 7.99. The average Bonchev–Trinajstić information content (AvgIpc) is 3.17. The number of hydrogen-bond donors (Lipinski definition) is 1. The van der Waals surface area contributed by atoms with E-state index in [4.69, 9.17) is 10.7 Å². The standard InChI is InChI=1S/C17H20N6/c1-12-19-8-10-22(12)11-13-5-4-9-23(13)17-20-15-7-3-2-6-14(15)16(18)21-17/h2-3,6-8,10,13H,4-5,9,11H2,1H3,(H2,18,20,21). The Morgan fingerprint density at radius 3 is 2.96 bits per heavy atom. The van der Waals surface area contributed by atoms with E-state index in [1.807, 2.05) is 43.6 Å². The Hall–Kier alpha value is -2.63. The molecule has 1 unspecified atom stereocenters. The van der Waals surface area contributed by atoms with Crippen LogP contribution in [0, 0.1) is 6.92 Å². The molecule has 6 heteroatoms. The van der Waals surface area contributed by atoms with E-state index in [1.165, 1.54) is 0 Å². The van der Waals surface area contributed by atoms with Gasteiger partial charge in [-0.05, 0) is 31.9 Å². The van der Waals surface area contributed by atoms with Gasteiger partial charge in [0.1, 0.15) is 11.6 Å². The molecule has 0 spiro atoms. The maximum atomic E-state index is 6.14. The molecule has 0 saturated carbocycles. The third kappa shape index (κ3) is 2.50.